The molecule has 0 saturated heterocycles. The molecule has 0 bridgehead atoms. The van der Waals surface area contributed by atoms with Gasteiger partial charge in [-0.25, -0.2) is 0 Å². The molecule has 1 aromatic carbocycles. The van der Waals surface area contributed by atoms with Gasteiger partial charge in [-0.1, -0.05) is 5.92 Å². The van der Waals surface area contributed by atoms with Crippen LogP contribution in [0.2, 0.25) is 0 Å². The van der Waals surface area contributed by atoms with Crippen molar-refractivity contribution in [1.82, 2.24) is 4.90 Å². The molecule has 0 fully saturated rings. The van der Waals surface area contributed by atoms with Gasteiger partial charge in [-0.2, -0.15) is 26.3 Å². The van der Waals surface area contributed by atoms with E-state index in [-0.39, 0.29) is 18.2 Å². The first-order chi connectivity index (χ1) is 11.3. The maximum atomic E-state index is 12.8. The zero-order chi connectivity index (χ0) is 19.6. The van der Waals surface area contributed by atoms with E-state index in [2.05, 4.69) is 0 Å². The predicted octanol–water partition coefficient (Wildman–Crippen LogP) is 2.67. The lowest BCUT2D eigenvalue weighted by atomic mass is 10.0. The van der Waals surface area contributed by atoms with Crippen LogP contribution in [-0.2, 0) is 17.1 Å². The number of hydrogen-bond donors (Lipinski definition) is 1. The predicted molar refractivity (Wildman–Crippen MR) is 75.0 cm³/mol. The molecule has 0 aliphatic rings. The number of primary amides is 1. The minimum Gasteiger partial charge on any atom is -0.368 e. The van der Waals surface area contributed by atoms with Crippen molar-refractivity contribution in [1.29, 1.82) is 0 Å². The van der Waals surface area contributed by atoms with Crippen molar-refractivity contribution in [3.63, 3.8) is 0 Å². The minimum atomic E-state index is -5.11. The van der Waals surface area contributed by atoms with Gasteiger partial charge in [0.25, 0.3) is 5.91 Å². The van der Waals surface area contributed by atoms with Gasteiger partial charge in [0, 0.05) is 5.56 Å². The molecule has 0 radical (unpaired) electrons. The number of halogens is 6. The summed E-state index contributed by atoms with van der Waals surface area (Å²) in [5.41, 5.74) is 0.799. The summed E-state index contributed by atoms with van der Waals surface area (Å²) in [6, 6.07) is -0.920. The molecule has 0 unspecified atom stereocenters. The van der Waals surface area contributed by atoms with Crippen LogP contribution in [0.5, 0.6) is 0 Å². The standard InChI is InChI=1S/C15H12F6N2O2/c1-3-4-23(8(2)12(22)24)13(25)9-5-10(14(16,17)18)7-11(6-9)15(19,20)21/h1,5-8H,4H2,2H3,(H2,22,24)/t8-/m0/s1. The summed E-state index contributed by atoms with van der Waals surface area (Å²) in [4.78, 5) is 24.1. The van der Waals surface area contributed by atoms with Crippen LogP contribution >= 0.6 is 0 Å². The molecule has 0 aliphatic heterocycles. The zero-order valence-corrected chi connectivity index (χ0v) is 12.7. The summed E-state index contributed by atoms with van der Waals surface area (Å²) in [5.74, 6) is -0.302. The SMILES string of the molecule is C#CCN(C(=O)c1cc(C(F)(F)F)cc(C(F)(F)F)c1)[C@@H](C)C(N)=O. The second-order valence-electron chi connectivity index (χ2n) is 5.01. The third kappa shape index (κ3) is 4.89. The molecule has 2 amide bonds. The van der Waals surface area contributed by atoms with E-state index in [0.717, 1.165) is 6.92 Å². The Morgan fingerprint density at radius 2 is 1.56 bits per heavy atom. The van der Waals surface area contributed by atoms with Crippen LogP contribution in [0.15, 0.2) is 18.2 Å². The van der Waals surface area contributed by atoms with E-state index in [1.807, 2.05) is 5.92 Å². The molecule has 4 nitrogen and oxygen atoms in total. The molecule has 25 heavy (non-hydrogen) atoms. The van der Waals surface area contributed by atoms with Crippen LogP contribution in [0.3, 0.4) is 0 Å². The Bertz CT molecular complexity index is 686. The topological polar surface area (TPSA) is 63.4 Å². The van der Waals surface area contributed by atoms with Gasteiger partial charge in [0.2, 0.25) is 5.91 Å². The maximum Gasteiger partial charge on any atom is 0.416 e. The Labute approximate surface area is 138 Å². The van der Waals surface area contributed by atoms with Crippen LogP contribution in [0.4, 0.5) is 26.3 Å². The van der Waals surface area contributed by atoms with Crippen molar-refractivity contribution in [2.24, 2.45) is 5.73 Å². The van der Waals surface area contributed by atoms with Gasteiger partial charge >= 0.3 is 12.4 Å². The quantitative estimate of drug-likeness (QED) is 0.658. The number of alkyl halides is 6. The molecule has 10 heteroatoms. The third-order valence-electron chi connectivity index (χ3n) is 3.24. The highest BCUT2D eigenvalue weighted by molar-refractivity contribution is 5.97. The normalized spacial score (nSPS) is 13.0. The molecule has 136 valence electrons. The van der Waals surface area contributed by atoms with E-state index in [0.29, 0.717) is 4.90 Å². The average molecular weight is 366 g/mol. The summed E-state index contributed by atoms with van der Waals surface area (Å²) in [5, 5.41) is 0. The van der Waals surface area contributed by atoms with Gasteiger partial charge in [0.1, 0.15) is 6.04 Å². The number of amides is 2. The molecule has 1 atom stereocenters. The van der Waals surface area contributed by atoms with Gasteiger partial charge in [-0.3, -0.25) is 9.59 Å². The van der Waals surface area contributed by atoms with Gasteiger partial charge < -0.3 is 10.6 Å². The minimum absolute atomic E-state index is 0.111. The second kappa shape index (κ2) is 7.04. The molecule has 0 aliphatic carbocycles. The number of carbonyl (C=O) groups is 2. The molecule has 0 spiro atoms. The molecular formula is C15H12F6N2O2. The van der Waals surface area contributed by atoms with Crippen LogP contribution in [-0.4, -0.2) is 29.3 Å². The van der Waals surface area contributed by atoms with Crippen molar-refractivity contribution in [3.05, 3.63) is 34.9 Å². The Balaban J connectivity index is 3.50. The van der Waals surface area contributed by atoms with E-state index in [9.17, 15) is 35.9 Å². The second-order valence-corrected chi connectivity index (χ2v) is 5.01. The van der Waals surface area contributed by atoms with E-state index in [1.165, 1.54) is 0 Å². The largest absolute Gasteiger partial charge is 0.416 e. The molecular weight excluding hydrogens is 354 g/mol. The highest BCUT2D eigenvalue weighted by Crippen LogP contribution is 2.36. The first-order valence-corrected chi connectivity index (χ1v) is 6.62. The van der Waals surface area contributed by atoms with Crippen molar-refractivity contribution >= 4 is 11.8 Å². The number of rotatable bonds is 4. The highest BCUT2D eigenvalue weighted by Gasteiger charge is 2.38. The van der Waals surface area contributed by atoms with Gasteiger partial charge in [-0.05, 0) is 25.1 Å². The lowest BCUT2D eigenvalue weighted by molar-refractivity contribution is -0.143. The van der Waals surface area contributed by atoms with E-state index in [1.54, 1.807) is 0 Å². The smallest absolute Gasteiger partial charge is 0.368 e. The number of nitrogens with two attached hydrogens (primary N) is 1. The lowest BCUT2D eigenvalue weighted by Gasteiger charge is -2.26. The Hall–Kier alpha value is -2.70. The summed E-state index contributed by atoms with van der Waals surface area (Å²) in [6.07, 6.45) is -5.19. The number of nitrogens with zero attached hydrogens (tertiary/aromatic N) is 1. The highest BCUT2D eigenvalue weighted by atomic mass is 19.4. The lowest BCUT2D eigenvalue weighted by Crippen LogP contribution is -2.46. The van der Waals surface area contributed by atoms with Crippen molar-refractivity contribution in [2.75, 3.05) is 6.54 Å². The maximum absolute atomic E-state index is 12.8. The van der Waals surface area contributed by atoms with Gasteiger partial charge in [0.15, 0.2) is 0 Å². The molecule has 0 aromatic heterocycles. The van der Waals surface area contributed by atoms with Crippen LogP contribution in [0.25, 0.3) is 0 Å². The number of hydrogen-bond acceptors (Lipinski definition) is 2. The van der Waals surface area contributed by atoms with Gasteiger partial charge in [-0.15, -0.1) is 6.42 Å². The van der Waals surface area contributed by atoms with Crippen molar-refractivity contribution in [2.45, 2.75) is 25.3 Å². The van der Waals surface area contributed by atoms with Crippen molar-refractivity contribution in [3.8, 4) is 12.3 Å². The number of carbonyl (C=O) groups excluding carboxylic acids is 2. The Kier molecular flexibility index (Phi) is 5.73. The fraction of sp³-hybridized carbons (Fsp3) is 0.333. The molecule has 0 saturated carbocycles. The molecule has 1 aromatic rings. The first kappa shape index (κ1) is 20.3. The third-order valence-corrected chi connectivity index (χ3v) is 3.24. The van der Waals surface area contributed by atoms with Crippen LogP contribution in [0.1, 0.15) is 28.4 Å². The number of terminal acetylenes is 1. The first-order valence-electron chi connectivity index (χ1n) is 6.62. The molecule has 1 rings (SSSR count). The summed E-state index contributed by atoms with van der Waals surface area (Å²) in [6.45, 7) is 0.621. The molecule has 2 N–H and O–H groups in total. The van der Waals surface area contributed by atoms with E-state index < -0.39 is 53.4 Å². The van der Waals surface area contributed by atoms with E-state index >= 15 is 0 Å². The fourth-order valence-electron chi connectivity index (χ4n) is 1.88. The molecule has 0 heterocycles. The van der Waals surface area contributed by atoms with Crippen LogP contribution in [0, 0.1) is 12.3 Å². The zero-order valence-electron chi connectivity index (χ0n) is 12.7. The Morgan fingerprint density at radius 1 is 1.12 bits per heavy atom. The summed E-state index contributed by atoms with van der Waals surface area (Å²) >= 11 is 0. The summed E-state index contributed by atoms with van der Waals surface area (Å²) in [7, 11) is 0. The fourth-order valence-corrected chi connectivity index (χ4v) is 1.88. The Morgan fingerprint density at radius 3 is 1.88 bits per heavy atom. The van der Waals surface area contributed by atoms with Crippen LogP contribution < -0.4 is 5.73 Å². The average Bonchev–Trinajstić information content (AvgIpc) is 2.49. The monoisotopic (exact) mass is 366 g/mol. The van der Waals surface area contributed by atoms with Gasteiger partial charge in [0.05, 0.1) is 17.7 Å². The van der Waals surface area contributed by atoms with E-state index in [4.69, 9.17) is 12.2 Å². The summed E-state index contributed by atoms with van der Waals surface area (Å²) < 4.78 is 77.0. The number of benzene rings is 1. The van der Waals surface area contributed by atoms with Crippen molar-refractivity contribution < 1.29 is 35.9 Å².